The zero-order chi connectivity index (χ0) is 20.3. The number of hydrogen-bond acceptors (Lipinski definition) is 3. The highest BCUT2D eigenvalue weighted by Gasteiger charge is 2.33. The zero-order valence-electron chi connectivity index (χ0n) is 16.1. The molecule has 5 nitrogen and oxygen atoms in total. The van der Waals surface area contributed by atoms with E-state index in [1.54, 1.807) is 36.4 Å². The lowest BCUT2D eigenvalue weighted by molar-refractivity contribution is -0.126. The van der Waals surface area contributed by atoms with Gasteiger partial charge in [-0.25, -0.2) is 8.42 Å². The number of sulfonamides is 1. The first-order valence-corrected chi connectivity index (χ1v) is 11.2. The third-order valence-corrected chi connectivity index (χ3v) is 7.27. The minimum absolute atomic E-state index is 0.119. The molecule has 1 saturated heterocycles. The minimum Gasteiger partial charge on any atom is -0.349 e. The molecular weight excluding hydrogens is 396 g/mol. The van der Waals surface area contributed by atoms with E-state index < -0.39 is 10.0 Å². The average molecular weight is 421 g/mol. The first-order valence-electron chi connectivity index (χ1n) is 9.40. The molecule has 28 heavy (non-hydrogen) atoms. The van der Waals surface area contributed by atoms with Gasteiger partial charge in [0.25, 0.3) is 0 Å². The molecule has 1 aliphatic rings. The van der Waals surface area contributed by atoms with Crippen molar-refractivity contribution in [1.29, 1.82) is 0 Å². The molecule has 2 atom stereocenters. The van der Waals surface area contributed by atoms with Crippen molar-refractivity contribution in [3.63, 3.8) is 0 Å². The van der Waals surface area contributed by atoms with Crippen molar-refractivity contribution in [2.24, 2.45) is 5.92 Å². The van der Waals surface area contributed by atoms with E-state index in [-0.39, 0.29) is 29.3 Å². The molecule has 0 bridgehead atoms. The van der Waals surface area contributed by atoms with Gasteiger partial charge < -0.3 is 5.32 Å². The smallest absolute Gasteiger partial charge is 0.243 e. The summed E-state index contributed by atoms with van der Waals surface area (Å²) in [6.07, 6.45) is 1.34. The summed E-state index contributed by atoms with van der Waals surface area (Å²) in [5.41, 5.74) is 1.96. The molecule has 0 saturated carbocycles. The van der Waals surface area contributed by atoms with Gasteiger partial charge in [0.15, 0.2) is 0 Å². The number of benzene rings is 2. The van der Waals surface area contributed by atoms with Crippen molar-refractivity contribution in [1.82, 2.24) is 9.62 Å². The molecule has 1 amide bonds. The SMILES string of the molecule is Cc1ccc(S(=O)(=O)N2CCC[C@H](C(=O)N[C@@H](C)c3ccc(Cl)cc3)C2)cc1. The minimum atomic E-state index is -3.59. The van der Waals surface area contributed by atoms with Gasteiger partial charge in [0, 0.05) is 18.1 Å². The highest BCUT2D eigenvalue weighted by molar-refractivity contribution is 7.89. The zero-order valence-corrected chi connectivity index (χ0v) is 17.6. The van der Waals surface area contributed by atoms with Crippen molar-refractivity contribution in [3.05, 3.63) is 64.7 Å². The molecule has 1 N–H and O–H groups in total. The largest absolute Gasteiger partial charge is 0.349 e. The Kier molecular flexibility index (Phi) is 6.43. The van der Waals surface area contributed by atoms with Crippen LogP contribution in [0.4, 0.5) is 0 Å². The Hall–Kier alpha value is -1.89. The fourth-order valence-corrected chi connectivity index (χ4v) is 5.05. The van der Waals surface area contributed by atoms with Crippen LogP contribution in [0, 0.1) is 12.8 Å². The fraction of sp³-hybridized carbons (Fsp3) is 0.381. The Bertz CT molecular complexity index is 927. The van der Waals surface area contributed by atoms with Crippen LogP contribution >= 0.6 is 11.6 Å². The Labute approximate surface area is 171 Å². The second kappa shape index (κ2) is 8.64. The summed E-state index contributed by atoms with van der Waals surface area (Å²) < 4.78 is 27.3. The first-order chi connectivity index (χ1) is 13.3. The Morgan fingerprint density at radius 1 is 1.14 bits per heavy atom. The van der Waals surface area contributed by atoms with E-state index in [9.17, 15) is 13.2 Å². The number of piperidine rings is 1. The quantitative estimate of drug-likeness (QED) is 0.796. The molecule has 0 unspecified atom stereocenters. The number of aryl methyl sites for hydroxylation is 1. The van der Waals surface area contributed by atoms with E-state index in [1.807, 2.05) is 26.0 Å². The summed E-state index contributed by atoms with van der Waals surface area (Å²) in [4.78, 5) is 13.0. The maximum absolute atomic E-state index is 12.9. The fourth-order valence-electron chi connectivity index (χ4n) is 3.40. The molecule has 1 aliphatic heterocycles. The first kappa shape index (κ1) is 20.8. The predicted molar refractivity (Wildman–Crippen MR) is 111 cm³/mol. The summed E-state index contributed by atoms with van der Waals surface area (Å²) in [5.74, 6) is -0.477. The van der Waals surface area contributed by atoms with E-state index >= 15 is 0 Å². The monoisotopic (exact) mass is 420 g/mol. The Morgan fingerprint density at radius 2 is 1.79 bits per heavy atom. The van der Waals surface area contributed by atoms with Crippen LogP contribution in [0.5, 0.6) is 0 Å². The van der Waals surface area contributed by atoms with Gasteiger partial charge in [0.05, 0.1) is 16.9 Å². The van der Waals surface area contributed by atoms with Crippen molar-refractivity contribution in [3.8, 4) is 0 Å². The molecule has 7 heteroatoms. The van der Waals surface area contributed by atoms with E-state index in [1.165, 1.54) is 4.31 Å². The highest BCUT2D eigenvalue weighted by atomic mass is 35.5. The number of nitrogens with one attached hydrogen (secondary N) is 1. The molecule has 1 fully saturated rings. The second-order valence-corrected chi connectivity index (χ2v) is 9.67. The third kappa shape index (κ3) is 4.74. The summed E-state index contributed by atoms with van der Waals surface area (Å²) >= 11 is 5.91. The number of hydrogen-bond donors (Lipinski definition) is 1. The van der Waals surface area contributed by atoms with Crippen LogP contribution in [0.1, 0.15) is 36.9 Å². The lowest BCUT2D eigenvalue weighted by Crippen LogP contribution is -2.45. The van der Waals surface area contributed by atoms with E-state index in [0.717, 1.165) is 11.1 Å². The van der Waals surface area contributed by atoms with E-state index in [0.29, 0.717) is 24.4 Å². The number of halogens is 1. The molecule has 0 aliphatic carbocycles. The molecule has 150 valence electrons. The molecule has 0 spiro atoms. The lowest BCUT2D eigenvalue weighted by Gasteiger charge is -2.32. The van der Waals surface area contributed by atoms with Gasteiger partial charge in [-0.1, -0.05) is 41.4 Å². The van der Waals surface area contributed by atoms with Crippen LogP contribution in [0.15, 0.2) is 53.4 Å². The maximum Gasteiger partial charge on any atom is 0.243 e. The van der Waals surface area contributed by atoms with Crippen LogP contribution in [-0.2, 0) is 14.8 Å². The van der Waals surface area contributed by atoms with Gasteiger partial charge >= 0.3 is 0 Å². The van der Waals surface area contributed by atoms with Gasteiger partial charge in [-0.05, 0) is 56.5 Å². The molecule has 2 aromatic carbocycles. The second-order valence-electron chi connectivity index (χ2n) is 7.30. The Morgan fingerprint density at radius 3 is 2.43 bits per heavy atom. The molecular formula is C21H25ClN2O3S. The van der Waals surface area contributed by atoms with Crippen molar-refractivity contribution >= 4 is 27.5 Å². The molecule has 3 rings (SSSR count). The van der Waals surface area contributed by atoms with Crippen LogP contribution < -0.4 is 5.32 Å². The van der Waals surface area contributed by atoms with Gasteiger partial charge in [-0.2, -0.15) is 4.31 Å². The normalized spacial score (nSPS) is 19.2. The third-order valence-electron chi connectivity index (χ3n) is 5.14. The van der Waals surface area contributed by atoms with E-state index in [4.69, 9.17) is 11.6 Å². The average Bonchev–Trinajstić information content (AvgIpc) is 2.69. The summed E-state index contributed by atoms with van der Waals surface area (Å²) in [7, 11) is -3.59. The van der Waals surface area contributed by atoms with Crippen LogP contribution in [0.25, 0.3) is 0 Å². The lowest BCUT2D eigenvalue weighted by atomic mass is 9.98. The Balaban J connectivity index is 1.67. The summed E-state index contributed by atoms with van der Waals surface area (Å²) in [6.45, 7) is 4.46. The number of carbonyl (C=O) groups excluding carboxylic acids is 1. The maximum atomic E-state index is 12.9. The number of nitrogens with zero attached hydrogens (tertiary/aromatic N) is 1. The predicted octanol–water partition coefficient (Wildman–Crippen LogP) is 3.93. The summed E-state index contributed by atoms with van der Waals surface area (Å²) in [6, 6.07) is 14.0. The van der Waals surface area contributed by atoms with Gasteiger partial charge in [0.1, 0.15) is 0 Å². The molecule has 0 aromatic heterocycles. The van der Waals surface area contributed by atoms with Crippen molar-refractivity contribution in [2.45, 2.75) is 37.6 Å². The molecule has 0 radical (unpaired) electrons. The molecule has 2 aromatic rings. The van der Waals surface area contributed by atoms with Crippen LogP contribution in [0.2, 0.25) is 5.02 Å². The van der Waals surface area contributed by atoms with Crippen LogP contribution in [0.3, 0.4) is 0 Å². The van der Waals surface area contributed by atoms with Gasteiger partial charge in [-0.3, -0.25) is 4.79 Å². The summed E-state index contributed by atoms with van der Waals surface area (Å²) in [5, 5.41) is 3.65. The topological polar surface area (TPSA) is 66.5 Å². The number of amides is 1. The highest BCUT2D eigenvalue weighted by Crippen LogP contribution is 2.25. The van der Waals surface area contributed by atoms with E-state index in [2.05, 4.69) is 5.32 Å². The van der Waals surface area contributed by atoms with Gasteiger partial charge in [-0.15, -0.1) is 0 Å². The molecule has 1 heterocycles. The standard InChI is InChI=1S/C21H25ClN2O3S/c1-15-5-11-20(12-6-15)28(26,27)24-13-3-4-18(14-24)21(25)23-16(2)17-7-9-19(22)10-8-17/h5-12,16,18H,3-4,13-14H2,1-2H3,(H,23,25)/t16-,18-/m0/s1. The van der Waals surface area contributed by atoms with Crippen molar-refractivity contribution in [2.75, 3.05) is 13.1 Å². The van der Waals surface area contributed by atoms with Crippen molar-refractivity contribution < 1.29 is 13.2 Å². The van der Waals surface area contributed by atoms with Crippen LogP contribution in [-0.4, -0.2) is 31.7 Å². The number of rotatable bonds is 5. The number of carbonyl (C=O) groups is 1. The van der Waals surface area contributed by atoms with Gasteiger partial charge in [0.2, 0.25) is 15.9 Å².